The Morgan fingerprint density at radius 2 is 1.82 bits per heavy atom. The van der Waals surface area contributed by atoms with E-state index in [0.29, 0.717) is 24.2 Å². The summed E-state index contributed by atoms with van der Waals surface area (Å²) in [7, 11) is 0. The third kappa shape index (κ3) is 2.62. The lowest BCUT2D eigenvalue weighted by Crippen LogP contribution is -2.05. The number of hydrogen-bond donors (Lipinski definition) is 1. The van der Waals surface area contributed by atoms with Crippen LogP contribution < -0.4 is 5.73 Å². The molecule has 1 heterocycles. The lowest BCUT2D eigenvalue weighted by molar-refractivity contribution is 0.509. The van der Waals surface area contributed by atoms with E-state index >= 15 is 0 Å². The first kappa shape index (κ1) is 11.6. The molecule has 0 fully saturated rings. The van der Waals surface area contributed by atoms with Crippen LogP contribution in [0.4, 0.5) is 8.78 Å². The van der Waals surface area contributed by atoms with Crippen LogP contribution in [0, 0.1) is 11.6 Å². The van der Waals surface area contributed by atoms with Gasteiger partial charge in [-0.1, -0.05) is 0 Å². The number of nitrogens with zero attached hydrogens (tertiary/aromatic N) is 2. The van der Waals surface area contributed by atoms with Gasteiger partial charge in [-0.05, 0) is 36.9 Å². The van der Waals surface area contributed by atoms with E-state index in [9.17, 15) is 8.78 Å². The van der Waals surface area contributed by atoms with E-state index in [0.717, 1.165) is 17.8 Å². The van der Waals surface area contributed by atoms with Gasteiger partial charge in [0.15, 0.2) is 11.6 Å². The first-order chi connectivity index (χ1) is 8.20. The van der Waals surface area contributed by atoms with Crippen molar-refractivity contribution in [1.82, 2.24) is 10.2 Å². The Morgan fingerprint density at radius 1 is 1.00 bits per heavy atom. The first-order valence-corrected chi connectivity index (χ1v) is 5.19. The maximum atomic E-state index is 13.0. The topological polar surface area (TPSA) is 51.8 Å². The van der Waals surface area contributed by atoms with Crippen molar-refractivity contribution in [3.63, 3.8) is 0 Å². The van der Waals surface area contributed by atoms with Crippen LogP contribution in [-0.4, -0.2) is 16.7 Å². The molecule has 0 aliphatic rings. The number of aromatic nitrogens is 2. The van der Waals surface area contributed by atoms with Crippen molar-refractivity contribution in [1.29, 1.82) is 0 Å². The van der Waals surface area contributed by atoms with Gasteiger partial charge < -0.3 is 5.73 Å². The molecule has 0 saturated carbocycles. The maximum absolute atomic E-state index is 13.0. The Hall–Kier alpha value is -1.88. The highest BCUT2D eigenvalue weighted by molar-refractivity contribution is 5.58. The average molecular weight is 235 g/mol. The molecular weight excluding hydrogens is 224 g/mol. The van der Waals surface area contributed by atoms with Gasteiger partial charge in [0.2, 0.25) is 0 Å². The van der Waals surface area contributed by atoms with Crippen molar-refractivity contribution in [2.45, 2.75) is 6.42 Å². The molecule has 0 aliphatic heterocycles. The zero-order valence-electron chi connectivity index (χ0n) is 9.03. The molecule has 1 aromatic carbocycles. The highest BCUT2D eigenvalue weighted by Crippen LogP contribution is 2.18. The number of halogens is 2. The smallest absolute Gasteiger partial charge is 0.159 e. The van der Waals surface area contributed by atoms with Crippen molar-refractivity contribution in [3.8, 4) is 11.3 Å². The van der Waals surface area contributed by atoms with Crippen LogP contribution in [0.2, 0.25) is 0 Å². The van der Waals surface area contributed by atoms with Gasteiger partial charge in [-0.2, -0.15) is 10.2 Å². The van der Waals surface area contributed by atoms with E-state index in [1.807, 2.05) is 0 Å². The summed E-state index contributed by atoms with van der Waals surface area (Å²) in [4.78, 5) is 0. The molecule has 2 rings (SSSR count). The summed E-state index contributed by atoms with van der Waals surface area (Å²) in [6.07, 6.45) is 0.644. The van der Waals surface area contributed by atoms with Gasteiger partial charge in [0.1, 0.15) is 0 Å². The zero-order chi connectivity index (χ0) is 12.3. The van der Waals surface area contributed by atoms with Crippen LogP contribution in [0.5, 0.6) is 0 Å². The Labute approximate surface area is 97.3 Å². The van der Waals surface area contributed by atoms with Crippen LogP contribution >= 0.6 is 0 Å². The highest BCUT2D eigenvalue weighted by Gasteiger charge is 2.06. The van der Waals surface area contributed by atoms with E-state index < -0.39 is 11.6 Å². The summed E-state index contributed by atoms with van der Waals surface area (Å²) in [6, 6.07) is 7.12. The van der Waals surface area contributed by atoms with Crippen LogP contribution in [0.3, 0.4) is 0 Å². The second-order valence-electron chi connectivity index (χ2n) is 3.58. The Bertz CT molecular complexity index is 512. The highest BCUT2D eigenvalue weighted by atomic mass is 19.2. The largest absolute Gasteiger partial charge is 0.330 e. The minimum Gasteiger partial charge on any atom is -0.330 e. The van der Waals surface area contributed by atoms with E-state index in [-0.39, 0.29) is 0 Å². The lowest BCUT2D eigenvalue weighted by atomic mass is 10.1. The van der Waals surface area contributed by atoms with Crippen LogP contribution in [0.15, 0.2) is 30.3 Å². The summed E-state index contributed by atoms with van der Waals surface area (Å²) in [5, 5.41) is 7.89. The molecule has 3 nitrogen and oxygen atoms in total. The van der Waals surface area contributed by atoms with Crippen molar-refractivity contribution in [2.75, 3.05) is 6.54 Å². The zero-order valence-corrected chi connectivity index (χ0v) is 9.03. The third-order valence-electron chi connectivity index (χ3n) is 2.34. The van der Waals surface area contributed by atoms with Crippen molar-refractivity contribution < 1.29 is 8.78 Å². The molecule has 0 saturated heterocycles. The van der Waals surface area contributed by atoms with Crippen LogP contribution in [-0.2, 0) is 6.42 Å². The molecular formula is C12H11F2N3. The number of hydrogen-bond acceptors (Lipinski definition) is 3. The van der Waals surface area contributed by atoms with Gasteiger partial charge in [-0.15, -0.1) is 0 Å². The number of benzene rings is 1. The average Bonchev–Trinajstić information content (AvgIpc) is 2.34. The molecule has 0 bridgehead atoms. The van der Waals surface area contributed by atoms with Gasteiger partial charge >= 0.3 is 0 Å². The van der Waals surface area contributed by atoms with Gasteiger partial charge in [0, 0.05) is 12.0 Å². The quantitative estimate of drug-likeness (QED) is 0.884. The molecule has 0 aliphatic carbocycles. The first-order valence-electron chi connectivity index (χ1n) is 5.19. The SMILES string of the molecule is NCCc1ccc(-c2ccc(F)c(F)c2)nn1. The molecule has 88 valence electrons. The van der Waals surface area contributed by atoms with Gasteiger partial charge in [0.05, 0.1) is 11.4 Å². The Kier molecular flexibility index (Phi) is 3.39. The molecule has 0 spiro atoms. The molecule has 0 amide bonds. The van der Waals surface area contributed by atoms with E-state index in [2.05, 4.69) is 10.2 Å². The molecule has 2 aromatic rings. The normalized spacial score (nSPS) is 10.5. The molecule has 0 atom stereocenters. The molecule has 2 N–H and O–H groups in total. The van der Waals surface area contributed by atoms with Crippen molar-refractivity contribution in [3.05, 3.63) is 47.7 Å². The molecule has 17 heavy (non-hydrogen) atoms. The number of rotatable bonds is 3. The minimum atomic E-state index is -0.893. The molecule has 0 radical (unpaired) electrons. The fourth-order valence-corrected chi connectivity index (χ4v) is 1.45. The second-order valence-corrected chi connectivity index (χ2v) is 3.58. The summed E-state index contributed by atoms with van der Waals surface area (Å²) in [5.74, 6) is -1.77. The Balaban J connectivity index is 2.30. The summed E-state index contributed by atoms with van der Waals surface area (Å²) in [6.45, 7) is 0.499. The summed E-state index contributed by atoms with van der Waals surface area (Å²) < 4.78 is 25.8. The van der Waals surface area contributed by atoms with Crippen molar-refractivity contribution in [2.24, 2.45) is 5.73 Å². The maximum Gasteiger partial charge on any atom is 0.159 e. The molecule has 0 unspecified atom stereocenters. The predicted molar refractivity (Wildman–Crippen MR) is 60.1 cm³/mol. The predicted octanol–water partition coefficient (Wildman–Crippen LogP) is 1.92. The monoisotopic (exact) mass is 235 g/mol. The second kappa shape index (κ2) is 4.97. The van der Waals surface area contributed by atoms with Crippen molar-refractivity contribution >= 4 is 0 Å². The Morgan fingerprint density at radius 3 is 2.41 bits per heavy atom. The van der Waals surface area contributed by atoms with E-state index in [1.54, 1.807) is 12.1 Å². The van der Waals surface area contributed by atoms with Gasteiger partial charge in [-0.3, -0.25) is 0 Å². The van der Waals surface area contributed by atoms with Crippen LogP contribution in [0.1, 0.15) is 5.69 Å². The summed E-state index contributed by atoms with van der Waals surface area (Å²) >= 11 is 0. The fourth-order valence-electron chi connectivity index (χ4n) is 1.45. The lowest BCUT2D eigenvalue weighted by Gasteiger charge is -2.02. The third-order valence-corrected chi connectivity index (χ3v) is 2.34. The standard InChI is InChI=1S/C12H11F2N3/c13-10-3-1-8(7-11(10)14)12-4-2-9(5-6-15)16-17-12/h1-4,7H,5-6,15H2. The van der Waals surface area contributed by atoms with Gasteiger partial charge in [-0.25, -0.2) is 8.78 Å². The van der Waals surface area contributed by atoms with Gasteiger partial charge in [0.25, 0.3) is 0 Å². The summed E-state index contributed by atoms with van der Waals surface area (Å²) in [5.41, 5.74) is 7.16. The fraction of sp³-hybridized carbons (Fsp3) is 0.167. The van der Waals surface area contributed by atoms with Crippen LogP contribution in [0.25, 0.3) is 11.3 Å². The minimum absolute atomic E-state index is 0.496. The molecule has 1 aromatic heterocycles. The molecule has 5 heteroatoms. The van der Waals surface area contributed by atoms with E-state index in [1.165, 1.54) is 6.07 Å². The van der Waals surface area contributed by atoms with E-state index in [4.69, 9.17) is 5.73 Å². The number of nitrogens with two attached hydrogens (primary N) is 1.